The van der Waals surface area contributed by atoms with Crippen LogP contribution in [0.3, 0.4) is 0 Å². The molecular weight excluding hydrogens is 460 g/mol. The van der Waals surface area contributed by atoms with E-state index in [1.54, 1.807) is 0 Å². The number of nitrogens with zero attached hydrogens (tertiary/aromatic N) is 3. The Morgan fingerprint density at radius 1 is 1.17 bits per heavy atom. The van der Waals surface area contributed by atoms with Gasteiger partial charge in [-0.3, -0.25) is 9.79 Å². The Morgan fingerprint density at radius 3 is 2.60 bits per heavy atom. The fourth-order valence-corrected chi connectivity index (χ4v) is 4.81. The third-order valence-corrected chi connectivity index (χ3v) is 6.87. The lowest BCUT2D eigenvalue weighted by Gasteiger charge is -2.33. The number of thioether (sulfide) groups is 1. The van der Waals surface area contributed by atoms with Crippen LogP contribution in [0.1, 0.15) is 24.0 Å². The minimum Gasteiger partial charge on any atom is -0.325 e. The molecule has 0 bridgehead atoms. The van der Waals surface area contributed by atoms with Crippen molar-refractivity contribution in [2.75, 3.05) is 31.2 Å². The molecule has 0 aromatic heterocycles. The van der Waals surface area contributed by atoms with Crippen LogP contribution in [-0.4, -0.2) is 53.1 Å². The number of hydrogen-bond acceptors (Lipinski definition) is 5. The van der Waals surface area contributed by atoms with Gasteiger partial charge in [0.15, 0.2) is 5.66 Å². The van der Waals surface area contributed by atoms with Crippen molar-refractivity contribution in [2.45, 2.75) is 25.4 Å². The fourth-order valence-electron chi connectivity index (χ4n) is 3.67. The summed E-state index contributed by atoms with van der Waals surface area (Å²) in [6.45, 7) is 3.97. The van der Waals surface area contributed by atoms with Gasteiger partial charge in [0.05, 0.1) is 11.5 Å². The van der Waals surface area contributed by atoms with Gasteiger partial charge in [0.25, 0.3) is 0 Å². The topological polar surface area (TPSA) is 57.1 Å². The zero-order chi connectivity index (χ0) is 21.1. The first-order valence-electron chi connectivity index (χ1n) is 10.1. The van der Waals surface area contributed by atoms with Crippen molar-refractivity contribution in [1.29, 1.82) is 0 Å². The van der Waals surface area contributed by atoms with Crippen LogP contribution < -0.4 is 5.32 Å². The number of halogens is 1. The smallest absolute Gasteiger partial charge is 0.234 e. The second kappa shape index (κ2) is 9.04. The van der Waals surface area contributed by atoms with Crippen molar-refractivity contribution in [3.05, 3.63) is 64.1 Å². The minimum absolute atomic E-state index is 0.0345. The van der Waals surface area contributed by atoms with Gasteiger partial charge in [-0.1, -0.05) is 52.0 Å². The van der Waals surface area contributed by atoms with Crippen molar-refractivity contribution in [1.82, 2.24) is 4.90 Å². The highest BCUT2D eigenvalue weighted by atomic mass is 79.9. The zero-order valence-corrected chi connectivity index (χ0v) is 19.6. The van der Waals surface area contributed by atoms with Crippen LogP contribution in [0.25, 0.3) is 0 Å². The summed E-state index contributed by atoms with van der Waals surface area (Å²) in [6.07, 6.45) is 1.81. The van der Waals surface area contributed by atoms with E-state index in [1.165, 1.54) is 11.8 Å². The molecule has 4 rings (SSSR count). The Labute approximate surface area is 190 Å². The lowest BCUT2D eigenvalue weighted by Crippen LogP contribution is -2.39. The molecule has 2 aromatic carbocycles. The van der Waals surface area contributed by atoms with E-state index >= 15 is 0 Å². The van der Waals surface area contributed by atoms with Crippen LogP contribution in [0.15, 0.2) is 63.0 Å². The highest BCUT2D eigenvalue weighted by Crippen LogP contribution is 2.35. The maximum Gasteiger partial charge on any atom is 0.234 e. The van der Waals surface area contributed by atoms with Gasteiger partial charge in [-0.05, 0) is 43.8 Å². The van der Waals surface area contributed by atoms with Crippen LogP contribution in [0.4, 0.5) is 5.69 Å². The number of likely N-dealkylation sites (tertiary alicyclic amines) is 1. The SMILES string of the molecule is Cc1cccc(NC(=O)CSC2=NC3(CCN(C)CC3)N=C2c2ccc(Br)cc2)c1. The van der Waals surface area contributed by atoms with Crippen molar-refractivity contribution >= 4 is 50.0 Å². The number of aryl methyl sites for hydroxylation is 1. The van der Waals surface area contributed by atoms with Gasteiger partial charge in [-0.25, -0.2) is 4.99 Å². The number of benzene rings is 2. The van der Waals surface area contributed by atoms with Gasteiger partial charge in [0.2, 0.25) is 5.91 Å². The number of aliphatic imine (C=N–C) groups is 2. The van der Waals surface area contributed by atoms with Gasteiger partial charge in [-0.2, -0.15) is 0 Å². The first-order valence-corrected chi connectivity index (χ1v) is 11.8. The number of hydrogen-bond donors (Lipinski definition) is 1. The predicted molar refractivity (Wildman–Crippen MR) is 130 cm³/mol. The van der Waals surface area contributed by atoms with E-state index in [0.717, 1.165) is 58.0 Å². The number of carbonyl (C=O) groups is 1. The summed E-state index contributed by atoms with van der Waals surface area (Å²) in [5.74, 6) is 0.269. The standard InChI is InChI=1S/C23H25BrN4OS/c1-16-4-3-5-19(14-16)25-20(29)15-30-22-21(17-6-8-18(24)9-7-17)26-23(27-22)10-12-28(2)13-11-23/h3-9,14H,10-13,15H2,1-2H3,(H,25,29). The Morgan fingerprint density at radius 2 is 1.90 bits per heavy atom. The predicted octanol–water partition coefficient (Wildman–Crippen LogP) is 4.75. The molecule has 0 saturated carbocycles. The molecule has 1 amide bonds. The summed E-state index contributed by atoms with van der Waals surface area (Å²) >= 11 is 4.97. The molecule has 2 aliphatic rings. The number of rotatable bonds is 4. The molecule has 1 N–H and O–H groups in total. The van der Waals surface area contributed by atoms with Crippen molar-refractivity contribution < 1.29 is 4.79 Å². The number of amides is 1. The third kappa shape index (κ3) is 5.02. The average molecular weight is 485 g/mol. The Bertz CT molecular complexity index is 995. The average Bonchev–Trinajstić information content (AvgIpc) is 3.08. The second-order valence-electron chi connectivity index (χ2n) is 7.88. The highest BCUT2D eigenvalue weighted by Gasteiger charge is 2.39. The first kappa shape index (κ1) is 21.3. The van der Waals surface area contributed by atoms with Gasteiger partial charge in [-0.15, -0.1) is 0 Å². The Hall–Kier alpha value is -1.96. The maximum atomic E-state index is 12.5. The molecule has 2 aliphatic heterocycles. The zero-order valence-electron chi connectivity index (χ0n) is 17.2. The van der Waals surface area contributed by atoms with Gasteiger partial charge >= 0.3 is 0 Å². The molecule has 156 valence electrons. The van der Waals surface area contributed by atoms with E-state index in [1.807, 2.05) is 43.3 Å². The lowest BCUT2D eigenvalue weighted by molar-refractivity contribution is -0.113. The van der Waals surface area contributed by atoms with Crippen LogP contribution in [0.5, 0.6) is 0 Å². The molecular formula is C23H25BrN4OS. The third-order valence-electron chi connectivity index (χ3n) is 5.38. The monoisotopic (exact) mass is 484 g/mol. The van der Waals surface area contributed by atoms with Crippen LogP contribution >= 0.6 is 27.7 Å². The highest BCUT2D eigenvalue weighted by molar-refractivity contribution is 9.10. The fraction of sp³-hybridized carbons (Fsp3) is 0.348. The molecule has 1 fully saturated rings. The quantitative estimate of drug-likeness (QED) is 0.680. The van der Waals surface area contributed by atoms with Crippen LogP contribution in [0.2, 0.25) is 0 Å². The molecule has 0 atom stereocenters. The number of nitrogens with one attached hydrogen (secondary N) is 1. The van der Waals surface area contributed by atoms with Gasteiger partial charge in [0.1, 0.15) is 5.04 Å². The lowest BCUT2D eigenvalue weighted by atomic mass is 9.99. The molecule has 0 unspecified atom stereocenters. The van der Waals surface area contributed by atoms with E-state index in [4.69, 9.17) is 9.98 Å². The second-order valence-corrected chi connectivity index (χ2v) is 9.76. The minimum atomic E-state index is -0.385. The summed E-state index contributed by atoms with van der Waals surface area (Å²) < 4.78 is 1.03. The van der Waals surface area contributed by atoms with Gasteiger partial charge in [0, 0.05) is 41.7 Å². The van der Waals surface area contributed by atoms with E-state index in [2.05, 4.69) is 45.3 Å². The summed E-state index contributed by atoms with van der Waals surface area (Å²) in [7, 11) is 2.14. The van der Waals surface area contributed by atoms with Gasteiger partial charge < -0.3 is 10.2 Å². The van der Waals surface area contributed by atoms with Crippen molar-refractivity contribution in [3.63, 3.8) is 0 Å². The number of anilines is 1. The first-order chi connectivity index (χ1) is 14.4. The number of piperidine rings is 1. The molecule has 1 saturated heterocycles. The Balaban J connectivity index is 1.51. The largest absolute Gasteiger partial charge is 0.325 e. The molecule has 7 heteroatoms. The van der Waals surface area contributed by atoms with Crippen molar-refractivity contribution in [3.8, 4) is 0 Å². The molecule has 5 nitrogen and oxygen atoms in total. The van der Waals surface area contributed by atoms with Crippen LogP contribution in [0, 0.1) is 6.92 Å². The maximum absolute atomic E-state index is 12.5. The molecule has 1 spiro atoms. The van der Waals surface area contributed by atoms with E-state index < -0.39 is 0 Å². The van der Waals surface area contributed by atoms with E-state index in [0.29, 0.717) is 5.75 Å². The van der Waals surface area contributed by atoms with Crippen LogP contribution in [-0.2, 0) is 4.79 Å². The molecule has 2 aromatic rings. The normalized spacial score (nSPS) is 18.2. The van der Waals surface area contributed by atoms with E-state index in [9.17, 15) is 4.79 Å². The molecule has 2 heterocycles. The summed E-state index contributed by atoms with van der Waals surface area (Å²) in [6, 6.07) is 16.0. The van der Waals surface area contributed by atoms with Crippen molar-refractivity contribution in [2.24, 2.45) is 9.98 Å². The summed E-state index contributed by atoms with van der Waals surface area (Å²) in [5, 5.41) is 3.84. The summed E-state index contributed by atoms with van der Waals surface area (Å²) in [5.41, 5.74) is 3.50. The Kier molecular flexibility index (Phi) is 6.41. The molecule has 30 heavy (non-hydrogen) atoms. The molecule has 0 aliphatic carbocycles. The molecule has 0 radical (unpaired) electrons. The van der Waals surface area contributed by atoms with E-state index in [-0.39, 0.29) is 11.6 Å². The number of carbonyl (C=O) groups excluding carboxylic acids is 1. The summed E-state index contributed by atoms with van der Waals surface area (Å²) in [4.78, 5) is 25.0.